The molecule has 1 unspecified atom stereocenters. The molecule has 0 aliphatic carbocycles. The number of methoxy groups -OCH3 is 3. The van der Waals surface area contributed by atoms with E-state index in [-0.39, 0.29) is 30.3 Å². The highest BCUT2D eigenvalue weighted by Crippen LogP contribution is 2.34. The second-order valence-corrected chi connectivity index (χ2v) is 8.42. The molecule has 8 heteroatoms. The van der Waals surface area contributed by atoms with Gasteiger partial charge in [-0.15, -0.1) is 0 Å². The summed E-state index contributed by atoms with van der Waals surface area (Å²) in [5.74, 6) is 0.893. The van der Waals surface area contributed by atoms with Gasteiger partial charge in [0.1, 0.15) is 18.0 Å². The van der Waals surface area contributed by atoms with Gasteiger partial charge in [0, 0.05) is 31.6 Å². The minimum absolute atomic E-state index is 0.0675. The van der Waals surface area contributed by atoms with Crippen LogP contribution in [0.25, 0.3) is 0 Å². The van der Waals surface area contributed by atoms with Crippen molar-refractivity contribution in [3.8, 4) is 11.5 Å². The minimum Gasteiger partial charge on any atom is -0.497 e. The molecule has 0 saturated heterocycles. The third-order valence-corrected chi connectivity index (χ3v) is 5.77. The van der Waals surface area contributed by atoms with Crippen LogP contribution in [-0.2, 0) is 14.3 Å². The number of benzene rings is 2. The van der Waals surface area contributed by atoms with Crippen LogP contribution in [0.2, 0.25) is 0 Å². The van der Waals surface area contributed by atoms with Crippen LogP contribution in [0.4, 0.5) is 0 Å². The lowest BCUT2D eigenvalue weighted by Crippen LogP contribution is -2.44. The van der Waals surface area contributed by atoms with Gasteiger partial charge in [0.05, 0.1) is 32.6 Å². The summed E-state index contributed by atoms with van der Waals surface area (Å²) in [6, 6.07) is 15.0. The molecule has 0 fully saturated rings. The van der Waals surface area contributed by atoms with Crippen molar-refractivity contribution in [1.82, 2.24) is 9.91 Å². The number of nitrogens with zero attached hydrogens (tertiary/aromatic N) is 3. The van der Waals surface area contributed by atoms with E-state index in [1.54, 1.807) is 26.2 Å². The molecule has 0 saturated carbocycles. The molecule has 0 aromatic heterocycles. The van der Waals surface area contributed by atoms with Gasteiger partial charge in [0.15, 0.2) is 0 Å². The molecule has 8 nitrogen and oxygen atoms in total. The molecule has 0 N–H and O–H groups in total. The van der Waals surface area contributed by atoms with Crippen LogP contribution in [0.3, 0.4) is 0 Å². The van der Waals surface area contributed by atoms with E-state index in [0.717, 1.165) is 28.3 Å². The first-order valence-corrected chi connectivity index (χ1v) is 11.3. The first kappa shape index (κ1) is 25.2. The summed E-state index contributed by atoms with van der Waals surface area (Å²) in [6.07, 6.45) is 0.543. The Morgan fingerprint density at radius 3 is 2.38 bits per heavy atom. The van der Waals surface area contributed by atoms with E-state index in [4.69, 9.17) is 19.3 Å². The van der Waals surface area contributed by atoms with E-state index in [1.807, 2.05) is 62.4 Å². The molecule has 1 aliphatic rings. The van der Waals surface area contributed by atoms with Gasteiger partial charge in [0.2, 0.25) is 5.91 Å². The molecule has 0 radical (unpaired) electrons. The predicted octanol–water partition coefficient (Wildman–Crippen LogP) is 3.51. The van der Waals surface area contributed by atoms with Gasteiger partial charge in [-0.2, -0.15) is 5.10 Å². The number of hydrazone groups is 1. The van der Waals surface area contributed by atoms with Crippen LogP contribution in [0.1, 0.15) is 37.4 Å². The van der Waals surface area contributed by atoms with Crippen molar-refractivity contribution < 1.29 is 23.8 Å². The fraction of sp³-hybridized carbons (Fsp3) is 0.423. The molecule has 182 valence electrons. The van der Waals surface area contributed by atoms with E-state index in [9.17, 15) is 9.59 Å². The van der Waals surface area contributed by atoms with Crippen molar-refractivity contribution in [1.29, 1.82) is 0 Å². The van der Waals surface area contributed by atoms with Gasteiger partial charge >= 0.3 is 0 Å². The average Bonchev–Trinajstić information content (AvgIpc) is 3.31. The molecule has 1 aliphatic heterocycles. The summed E-state index contributed by atoms with van der Waals surface area (Å²) >= 11 is 0. The number of carbonyl (C=O) groups is 2. The Kier molecular flexibility index (Phi) is 8.65. The normalized spacial score (nSPS) is 15.3. The maximum absolute atomic E-state index is 13.5. The van der Waals surface area contributed by atoms with E-state index in [2.05, 4.69) is 0 Å². The standard InChI is InChI=1S/C26H33N3O5/c1-18(2)26(31)28(13-14-32-3)17-25(30)29-24(19-9-11-21(33-4)12-10-19)16-23(27-29)20-7-6-8-22(15-20)34-5/h6-12,15,18,24H,13-14,16-17H2,1-5H3. The van der Waals surface area contributed by atoms with Gasteiger partial charge in [-0.1, -0.05) is 38.1 Å². The number of hydrogen-bond donors (Lipinski definition) is 0. The number of carbonyl (C=O) groups excluding carboxylic acids is 2. The maximum Gasteiger partial charge on any atom is 0.262 e. The number of ether oxygens (including phenoxy) is 3. The zero-order chi connectivity index (χ0) is 24.7. The lowest BCUT2D eigenvalue weighted by atomic mass is 9.98. The van der Waals surface area contributed by atoms with Crippen LogP contribution in [0.15, 0.2) is 53.6 Å². The Labute approximate surface area is 201 Å². The molecule has 1 heterocycles. The van der Waals surface area contributed by atoms with Crippen LogP contribution in [0.5, 0.6) is 11.5 Å². The first-order chi connectivity index (χ1) is 16.4. The summed E-state index contributed by atoms with van der Waals surface area (Å²) in [7, 11) is 4.81. The highest BCUT2D eigenvalue weighted by atomic mass is 16.5. The van der Waals surface area contributed by atoms with Crippen molar-refractivity contribution >= 4 is 17.5 Å². The fourth-order valence-electron chi connectivity index (χ4n) is 3.87. The molecule has 34 heavy (non-hydrogen) atoms. The van der Waals surface area contributed by atoms with Gasteiger partial charge in [0.25, 0.3) is 5.91 Å². The van der Waals surface area contributed by atoms with Crippen LogP contribution in [0, 0.1) is 5.92 Å². The quantitative estimate of drug-likeness (QED) is 0.534. The largest absolute Gasteiger partial charge is 0.497 e. The zero-order valence-corrected chi connectivity index (χ0v) is 20.5. The average molecular weight is 468 g/mol. The Bertz CT molecular complexity index is 1020. The second kappa shape index (κ2) is 11.7. The molecule has 2 aromatic rings. The third-order valence-electron chi connectivity index (χ3n) is 5.77. The molecular weight excluding hydrogens is 434 g/mol. The van der Waals surface area contributed by atoms with E-state index < -0.39 is 0 Å². The highest BCUT2D eigenvalue weighted by molar-refractivity contribution is 6.03. The van der Waals surface area contributed by atoms with Crippen LogP contribution >= 0.6 is 0 Å². The second-order valence-electron chi connectivity index (χ2n) is 8.42. The Morgan fingerprint density at radius 2 is 1.76 bits per heavy atom. The molecular formula is C26H33N3O5. The SMILES string of the molecule is COCCN(CC(=O)N1N=C(c2cccc(OC)c2)CC1c1ccc(OC)cc1)C(=O)C(C)C. The van der Waals surface area contributed by atoms with Crippen molar-refractivity contribution in [2.75, 3.05) is 41.0 Å². The Balaban J connectivity index is 1.92. The molecule has 0 spiro atoms. The lowest BCUT2D eigenvalue weighted by Gasteiger charge is -2.28. The predicted molar refractivity (Wildman–Crippen MR) is 130 cm³/mol. The van der Waals surface area contributed by atoms with Crippen molar-refractivity contribution in [2.24, 2.45) is 11.0 Å². The molecule has 2 amide bonds. The summed E-state index contributed by atoms with van der Waals surface area (Å²) in [6.45, 7) is 4.27. The summed E-state index contributed by atoms with van der Waals surface area (Å²) in [5.41, 5.74) is 2.61. The van der Waals surface area contributed by atoms with Gasteiger partial charge in [-0.25, -0.2) is 5.01 Å². The third kappa shape index (κ3) is 5.94. The summed E-state index contributed by atoms with van der Waals surface area (Å²) in [5, 5.41) is 6.22. The number of hydrogen-bond acceptors (Lipinski definition) is 6. The summed E-state index contributed by atoms with van der Waals surface area (Å²) < 4.78 is 15.8. The monoisotopic (exact) mass is 467 g/mol. The van der Waals surface area contributed by atoms with Gasteiger partial charge < -0.3 is 19.1 Å². The summed E-state index contributed by atoms with van der Waals surface area (Å²) in [4.78, 5) is 27.7. The highest BCUT2D eigenvalue weighted by Gasteiger charge is 2.34. The zero-order valence-electron chi connectivity index (χ0n) is 20.5. The lowest BCUT2D eigenvalue weighted by molar-refractivity contribution is -0.143. The topological polar surface area (TPSA) is 80.7 Å². The van der Waals surface area contributed by atoms with Crippen molar-refractivity contribution in [3.63, 3.8) is 0 Å². The fourth-order valence-corrected chi connectivity index (χ4v) is 3.87. The van der Waals surface area contributed by atoms with Gasteiger partial charge in [-0.3, -0.25) is 9.59 Å². The molecule has 2 aromatic carbocycles. The van der Waals surface area contributed by atoms with E-state index in [1.165, 1.54) is 5.01 Å². The Hall–Kier alpha value is -3.39. The van der Waals surface area contributed by atoms with Crippen molar-refractivity contribution in [2.45, 2.75) is 26.3 Å². The van der Waals surface area contributed by atoms with Crippen LogP contribution < -0.4 is 9.47 Å². The smallest absolute Gasteiger partial charge is 0.262 e. The molecule has 0 bridgehead atoms. The van der Waals surface area contributed by atoms with E-state index in [0.29, 0.717) is 19.6 Å². The Morgan fingerprint density at radius 1 is 1.06 bits per heavy atom. The van der Waals surface area contributed by atoms with E-state index >= 15 is 0 Å². The molecule has 3 rings (SSSR count). The number of rotatable bonds is 10. The molecule has 1 atom stereocenters. The number of amides is 2. The minimum atomic E-state index is -0.293. The van der Waals surface area contributed by atoms with Crippen molar-refractivity contribution in [3.05, 3.63) is 59.7 Å². The first-order valence-electron chi connectivity index (χ1n) is 11.3. The van der Waals surface area contributed by atoms with Crippen LogP contribution in [-0.4, -0.2) is 68.5 Å². The maximum atomic E-state index is 13.5. The van der Waals surface area contributed by atoms with Gasteiger partial charge in [-0.05, 0) is 29.8 Å².